The van der Waals surface area contributed by atoms with Crippen LogP contribution in [0.2, 0.25) is 0 Å². The number of fused-ring (bicyclic) bond motifs is 1. The Bertz CT molecular complexity index is 624. The molecule has 0 saturated carbocycles. The largest absolute Gasteiger partial charge is 0.395 e. The molecular weight excluding hydrogens is 266 g/mol. The van der Waals surface area contributed by atoms with Gasteiger partial charge in [0.1, 0.15) is 5.82 Å². The van der Waals surface area contributed by atoms with Crippen LogP contribution < -0.4 is 10.6 Å². The van der Waals surface area contributed by atoms with Gasteiger partial charge in [0.15, 0.2) is 5.82 Å². The van der Waals surface area contributed by atoms with Crippen LogP contribution in [0.5, 0.6) is 0 Å². The fourth-order valence-corrected chi connectivity index (χ4v) is 3.61. The summed E-state index contributed by atoms with van der Waals surface area (Å²) in [5.74, 6) is -1.29. The quantitative estimate of drug-likeness (QED) is 0.806. The number of nitrogens with zero attached hydrogens (tertiary/aromatic N) is 1. The van der Waals surface area contributed by atoms with E-state index in [1.54, 1.807) is 11.3 Å². The molecule has 0 fully saturated rings. The minimum absolute atomic E-state index is 0.0203. The SMILES string of the molecule is CC1c2ccsc2CCN1c1cc(F)cc(F)c1N. The molecule has 2 heterocycles. The Labute approximate surface area is 114 Å². The van der Waals surface area contributed by atoms with Crippen LogP contribution in [0.15, 0.2) is 23.6 Å². The molecule has 2 aromatic rings. The molecule has 1 unspecified atom stereocenters. The number of hydrogen-bond acceptors (Lipinski definition) is 3. The molecule has 2 nitrogen and oxygen atoms in total. The summed E-state index contributed by atoms with van der Waals surface area (Å²) in [6, 6.07) is 4.29. The zero-order chi connectivity index (χ0) is 13.6. The molecule has 0 spiro atoms. The van der Waals surface area contributed by atoms with Crippen LogP contribution in [0.3, 0.4) is 0 Å². The Morgan fingerprint density at radius 2 is 2.16 bits per heavy atom. The predicted molar refractivity (Wildman–Crippen MR) is 74.6 cm³/mol. The third kappa shape index (κ3) is 1.98. The third-order valence-corrected chi connectivity index (χ3v) is 4.66. The highest BCUT2D eigenvalue weighted by Crippen LogP contribution is 2.39. The molecule has 0 amide bonds. The smallest absolute Gasteiger partial charge is 0.151 e. The zero-order valence-corrected chi connectivity index (χ0v) is 11.3. The summed E-state index contributed by atoms with van der Waals surface area (Å²) in [7, 11) is 0. The van der Waals surface area contributed by atoms with E-state index < -0.39 is 11.6 Å². The van der Waals surface area contributed by atoms with Crippen LogP contribution in [0.4, 0.5) is 20.2 Å². The lowest BCUT2D eigenvalue weighted by atomic mass is 10.0. The first-order chi connectivity index (χ1) is 9.08. The maximum Gasteiger partial charge on any atom is 0.151 e. The number of hydrogen-bond donors (Lipinski definition) is 1. The molecule has 0 saturated heterocycles. The van der Waals surface area contributed by atoms with E-state index in [1.807, 2.05) is 11.8 Å². The molecule has 1 aliphatic heterocycles. The van der Waals surface area contributed by atoms with E-state index in [0.29, 0.717) is 5.69 Å². The summed E-state index contributed by atoms with van der Waals surface area (Å²) in [6.07, 6.45) is 0.884. The van der Waals surface area contributed by atoms with E-state index >= 15 is 0 Å². The number of anilines is 2. The highest BCUT2D eigenvalue weighted by molar-refractivity contribution is 7.10. The maximum atomic E-state index is 13.6. The van der Waals surface area contributed by atoms with Crippen molar-refractivity contribution >= 4 is 22.7 Å². The molecule has 0 radical (unpaired) electrons. The molecule has 2 N–H and O–H groups in total. The lowest BCUT2D eigenvalue weighted by molar-refractivity contribution is 0.578. The van der Waals surface area contributed by atoms with E-state index in [2.05, 4.69) is 11.4 Å². The third-order valence-electron chi connectivity index (χ3n) is 3.66. The van der Waals surface area contributed by atoms with Gasteiger partial charge < -0.3 is 10.6 Å². The van der Waals surface area contributed by atoms with Crippen molar-refractivity contribution in [1.82, 2.24) is 0 Å². The highest BCUT2D eigenvalue weighted by atomic mass is 32.1. The Hall–Kier alpha value is -1.62. The summed E-state index contributed by atoms with van der Waals surface area (Å²) in [5, 5.41) is 2.06. The van der Waals surface area contributed by atoms with Crippen LogP contribution in [0, 0.1) is 11.6 Å². The van der Waals surface area contributed by atoms with Gasteiger partial charge in [-0.2, -0.15) is 0 Å². The molecule has 1 aromatic carbocycles. The first kappa shape index (κ1) is 12.4. The average Bonchev–Trinajstić information content (AvgIpc) is 2.84. The summed E-state index contributed by atoms with van der Waals surface area (Å²) in [5.41, 5.74) is 7.45. The summed E-state index contributed by atoms with van der Waals surface area (Å²) < 4.78 is 27.0. The van der Waals surface area contributed by atoms with Gasteiger partial charge in [0.05, 0.1) is 17.4 Å². The number of nitrogens with two attached hydrogens (primary N) is 1. The van der Waals surface area contributed by atoms with Crippen molar-refractivity contribution in [1.29, 1.82) is 0 Å². The van der Waals surface area contributed by atoms with Crippen molar-refractivity contribution in [2.75, 3.05) is 17.2 Å². The monoisotopic (exact) mass is 280 g/mol. The number of benzene rings is 1. The molecule has 1 aliphatic rings. The minimum atomic E-state index is -0.696. The number of rotatable bonds is 1. The summed E-state index contributed by atoms with van der Waals surface area (Å²) >= 11 is 1.73. The lowest BCUT2D eigenvalue weighted by Gasteiger charge is -2.36. The molecule has 0 bridgehead atoms. The molecule has 19 heavy (non-hydrogen) atoms. The predicted octanol–water partition coefficient (Wildman–Crippen LogP) is 3.73. The van der Waals surface area contributed by atoms with Gasteiger partial charge in [-0.05, 0) is 36.4 Å². The minimum Gasteiger partial charge on any atom is -0.395 e. The van der Waals surface area contributed by atoms with Gasteiger partial charge in [-0.3, -0.25) is 0 Å². The van der Waals surface area contributed by atoms with Gasteiger partial charge in [0.2, 0.25) is 0 Å². The summed E-state index contributed by atoms with van der Waals surface area (Å²) in [4.78, 5) is 3.32. The van der Waals surface area contributed by atoms with Crippen molar-refractivity contribution < 1.29 is 8.78 Å². The molecule has 0 aliphatic carbocycles. The lowest BCUT2D eigenvalue weighted by Crippen LogP contribution is -2.33. The van der Waals surface area contributed by atoms with Crippen molar-refractivity contribution in [3.63, 3.8) is 0 Å². The van der Waals surface area contributed by atoms with E-state index in [0.717, 1.165) is 19.0 Å². The zero-order valence-electron chi connectivity index (χ0n) is 10.5. The molecule has 5 heteroatoms. The van der Waals surface area contributed by atoms with Crippen LogP contribution in [-0.4, -0.2) is 6.54 Å². The van der Waals surface area contributed by atoms with Gasteiger partial charge in [0.25, 0.3) is 0 Å². The van der Waals surface area contributed by atoms with Crippen molar-refractivity contribution in [3.8, 4) is 0 Å². The average molecular weight is 280 g/mol. The van der Waals surface area contributed by atoms with Gasteiger partial charge in [0, 0.05) is 17.5 Å². The fraction of sp³-hybridized carbons (Fsp3) is 0.286. The van der Waals surface area contributed by atoms with E-state index in [1.165, 1.54) is 16.5 Å². The Morgan fingerprint density at radius 3 is 2.95 bits per heavy atom. The first-order valence-electron chi connectivity index (χ1n) is 6.15. The molecule has 1 aromatic heterocycles. The number of thiophene rings is 1. The Kier molecular flexibility index (Phi) is 2.93. The fourth-order valence-electron chi connectivity index (χ4n) is 2.65. The van der Waals surface area contributed by atoms with E-state index in [9.17, 15) is 8.78 Å². The second-order valence-corrected chi connectivity index (χ2v) is 5.74. The molecule has 1 atom stereocenters. The molecular formula is C14H14F2N2S. The molecule has 3 rings (SSSR count). The standard InChI is InChI=1S/C14H14F2N2S/c1-8-10-3-5-19-13(10)2-4-18(8)12-7-9(15)6-11(16)14(12)17/h3,5-8H,2,4,17H2,1H3. The number of nitrogen functional groups attached to an aromatic ring is 1. The Balaban J connectivity index is 2.05. The second-order valence-electron chi connectivity index (χ2n) is 4.74. The molecule has 100 valence electrons. The maximum absolute atomic E-state index is 13.6. The Morgan fingerprint density at radius 1 is 1.37 bits per heavy atom. The van der Waals surface area contributed by atoms with Crippen LogP contribution in [0.1, 0.15) is 23.4 Å². The first-order valence-corrected chi connectivity index (χ1v) is 7.03. The van der Waals surface area contributed by atoms with Gasteiger partial charge in [-0.1, -0.05) is 0 Å². The van der Waals surface area contributed by atoms with E-state index in [-0.39, 0.29) is 11.7 Å². The van der Waals surface area contributed by atoms with Gasteiger partial charge >= 0.3 is 0 Å². The van der Waals surface area contributed by atoms with Gasteiger partial charge in [-0.25, -0.2) is 8.78 Å². The normalized spacial score (nSPS) is 18.5. The number of halogens is 2. The van der Waals surface area contributed by atoms with Gasteiger partial charge in [-0.15, -0.1) is 11.3 Å². The summed E-state index contributed by atoms with van der Waals surface area (Å²) in [6.45, 7) is 2.76. The second kappa shape index (κ2) is 4.49. The van der Waals surface area contributed by atoms with E-state index in [4.69, 9.17) is 5.73 Å². The van der Waals surface area contributed by atoms with Crippen LogP contribution in [0.25, 0.3) is 0 Å². The highest BCUT2D eigenvalue weighted by Gasteiger charge is 2.27. The van der Waals surface area contributed by atoms with Crippen LogP contribution >= 0.6 is 11.3 Å². The van der Waals surface area contributed by atoms with Crippen molar-refractivity contribution in [3.05, 3.63) is 45.7 Å². The topological polar surface area (TPSA) is 29.3 Å². The van der Waals surface area contributed by atoms with Crippen LogP contribution in [-0.2, 0) is 6.42 Å². The van der Waals surface area contributed by atoms with Crippen molar-refractivity contribution in [2.24, 2.45) is 0 Å². The van der Waals surface area contributed by atoms with Crippen molar-refractivity contribution in [2.45, 2.75) is 19.4 Å².